The number of morpholine rings is 1. The number of aromatic nitrogens is 1. The van der Waals surface area contributed by atoms with Gasteiger partial charge in [-0.2, -0.15) is 0 Å². The summed E-state index contributed by atoms with van der Waals surface area (Å²) in [6.45, 7) is 4.37. The molecule has 1 saturated heterocycles. The number of hydrogen-bond donors (Lipinski definition) is 1. The molecule has 1 aromatic heterocycles. The zero-order valence-electron chi connectivity index (χ0n) is 11.6. The normalized spacial score (nSPS) is 21.2. The van der Waals surface area contributed by atoms with Gasteiger partial charge in [-0.15, -0.1) is 11.3 Å². The van der Waals surface area contributed by atoms with Gasteiger partial charge in [-0.1, -0.05) is 12.8 Å². The Morgan fingerprint density at radius 1 is 1.40 bits per heavy atom. The summed E-state index contributed by atoms with van der Waals surface area (Å²) in [5.41, 5.74) is 1.04. The highest BCUT2D eigenvalue weighted by atomic mass is 32.1. The predicted molar refractivity (Wildman–Crippen MR) is 78.8 cm³/mol. The van der Waals surface area contributed by atoms with Gasteiger partial charge < -0.3 is 10.1 Å². The van der Waals surface area contributed by atoms with E-state index in [0.29, 0.717) is 0 Å². The number of nitrogens with zero attached hydrogens (tertiary/aromatic N) is 2. The number of hydrogen-bond acceptors (Lipinski definition) is 5. The van der Waals surface area contributed by atoms with E-state index in [-0.39, 0.29) is 11.8 Å². The third kappa shape index (κ3) is 3.56. The Labute approximate surface area is 123 Å². The van der Waals surface area contributed by atoms with Crippen LogP contribution in [0, 0.1) is 5.92 Å². The van der Waals surface area contributed by atoms with Gasteiger partial charge in [0.1, 0.15) is 0 Å². The van der Waals surface area contributed by atoms with Crippen LogP contribution in [0.5, 0.6) is 0 Å². The first-order valence-corrected chi connectivity index (χ1v) is 8.24. The number of nitrogens with one attached hydrogen (secondary N) is 1. The van der Waals surface area contributed by atoms with Gasteiger partial charge in [0.05, 0.1) is 18.9 Å². The van der Waals surface area contributed by atoms with Crippen molar-refractivity contribution < 1.29 is 9.53 Å². The van der Waals surface area contributed by atoms with Crippen molar-refractivity contribution in [3.8, 4) is 0 Å². The number of rotatable bonds is 4. The molecule has 5 nitrogen and oxygen atoms in total. The molecular formula is C14H21N3O2S. The fourth-order valence-corrected chi connectivity index (χ4v) is 3.53. The molecule has 2 aliphatic rings. The maximum atomic E-state index is 12.0. The third-order valence-electron chi connectivity index (χ3n) is 4.00. The van der Waals surface area contributed by atoms with Gasteiger partial charge in [-0.25, -0.2) is 4.98 Å². The fourth-order valence-electron chi connectivity index (χ4n) is 2.82. The van der Waals surface area contributed by atoms with Crippen molar-refractivity contribution in [2.75, 3.05) is 31.6 Å². The van der Waals surface area contributed by atoms with Crippen LogP contribution >= 0.6 is 11.3 Å². The van der Waals surface area contributed by atoms with E-state index in [1.165, 1.54) is 24.2 Å². The number of anilines is 1. The van der Waals surface area contributed by atoms with Gasteiger partial charge in [-0.05, 0) is 12.8 Å². The molecule has 2 fully saturated rings. The van der Waals surface area contributed by atoms with Crippen LogP contribution in [0.4, 0.5) is 5.13 Å². The van der Waals surface area contributed by atoms with E-state index in [9.17, 15) is 4.79 Å². The molecule has 0 unspecified atom stereocenters. The lowest BCUT2D eigenvalue weighted by Gasteiger charge is -2.25. The summed E-state index contributed by atoms with van der Waals surface area (Å²) in [4.78, 5) is 18.9. The highest BCUT2D eigenvalue weighted by Crippen LogP contribution is 2.26. The molecule has 3 rings (SSSR count). The molecule has 1 saturated carbocycles. The summed E-state index contributed by atoms with van der Waals surface area (Å²) in [5.74, 6) is 0.344. The largest absolute Gasteiger partial charge is 0.379 e. The Hall–Kier alpha value is -0.980. The lowest BCUT2D eigenvalue weighted by molar-refractivity contribution is -0.119. The molecule has 1 aromatic rings. The molecule has 6 heteroatoms. The first-order valence-electron chi connectivity index (χ1n) is 7.36. The topological polar surface area (TPSA) is 54.5 Å². The van der Waals surface area contributed by atoms with E-state index in [1.54, 1.807) is 0 Å². The van der Waals surface area contributed by atoms with E-state index in [2.05, 4.69) is 15.2 Å². The van der Waals surface area contributed by atoms with Crippen molar-refractivity contribution >= 4 is 22.4 Å². The van der Waals surface area contributed by atoms with Crippen LogP contribution in [0.1, 0.15) is 31.4 Å². The number of carbonyl (C=O) groups excluding carboxylic acids is 1. The van der Waals surface area contributed by atoms with Crippen LogP contribution in [0.25, 0.3) is 0 Å². The molecule has 0 aromatic carbocycles. The first kappa shape index (κ1) is 14.0. The van der Waals surface area contributed by atoms with E-state index in [1.807, 2.05) is 5.38 Å². The summed E-state index contributed by atoms with van der Waals surface area (Å²) in [6.07, 6.45) is 4.41. The quantitative estimate of drug-likeness (QED) is 0.924. The maximum absolute atomic E-state index is 12.0. The SMILES string of the molecule is O=C(Nc1nc(CN2CCOCC2)cs1)C1CCCC1. The van der Waals surface area contributed by atoms with Gasteiger partial charge >= 0.3 is 0 Å². The molecule has 1 aliphatic carbocycles. The lowest BCUT2D eigenvalue weighted by Crippen LogP contribution is -2.35. The van der Waals surface area contributed by atoms with Crippen molar-refractivity contribution in [2.45, 2.75) is 32.2 Å². The van der Waals surface area contributed by atoms with Crippen LogP contribution in [0.15, 0.2) is 5.38 Å². The fraction of sp³-hybridized carbons (Fsp3) is 0.714. The molecule has 1 amide bonds. The van der Waals surface area contributed by atoms with Gasteiger partial charge in [0.15, 0.2) is 5.13 Å². The third-order valence-corrected chi connectivity index (χ3v) is 4.80. The zero-order valence-corrected chi connectivity index (χ0v) is 12.5. The molecule has 0 atom stereocenters. The molecule has 0 radical (unpaired) electrons. The number of thiazole rings is 1. The average molecular weight is 295 g/mol. The molecule has 20 heavy (non-hydrogen) atoms. The molecule has 1 aliphatic heterocycles. The van der Waals surface area contributed by atoms with Crippen molar-refractivity contribution in [1.82, 2.24) is 9.88 Å². The Morgan fingerprint density at radius 3 is 2.90 bits per heavy atom. The second kappa shape index (κ2) is 6.65. The standard InChI is InChI=1S/C14H21N3O2S/c18-13(11-3-1-2-4-11)16-14-15-12(10-20-14)9-17-5-7-19-8-6-17/h10-11H,1-9H2,(H,15,16,18). The van der Waals surface area contributed by atoms with Crippen LogP contribution in [-0.2, 0) is 16.1 Å². The predicted octanol–water partition coefficient (Wildman–Crippen LogP) is 2.10. The minimum Gasteiger partial charge on any atom is -0.379 e. The van der Waals surface area contributed by atoms with Crippen LogP contribution < -0.4 is 5.32 Å². The van der Waals surface area contributed by atoms with E-state index < -0.39 is 0 Å². The summed E-state index contributed by atoms with van der Waals surface area (Å²) >= 11 is 1.52. The Bertz CT molecular complexity index is 451. The van der Waals surface area contributed by atoms with E-state index in [4.69, 9.17) is 4.74 Å². The van der Waals surface area contributed by atoms with Crippen molar-refractivity contribution in [3.05, 3.63) is 11.1 Å². The first-order chi connectivity index (χ1) is 9.81. The summed E-state index contributed by atoms with van der Waals surface area (Å²) in [5, 5.41) is 5.75. The minimum atomic E-state index is 0.148. The second-order valence-corrected chi connectivity index (χ2v) is 6.36. The Balaban J connectivity index is 1.52. The molecule has 2 heterocycles. The highest BCUT2D eigenvalue weighted by molar-refractivity contribution is 7.13. The highest BCUT2D eigenvalue weighted by Gasteiger charge is 2.23. The second-order valence-electron chi connectivity index (χ2n) is 5.50. The Morgan fingerprint density at radius 2 is 2.15 bits per heavy atom. The molecule has 1 N–H and O–H groups in total. The molecule has 0 spiro atoms. The number of carbonyl (C=O) groups is 1. The monoisotopic (exact) mass is 295 g/mol. The summed E-state index contributed by atoms with van der Waals surface area (Å²) in [6, 6.07) is 0. The zero-order chi connectivity index (χ0) is 13.8. The van der Waals surface area contributed by atoms with Crippen molar-refractivity contribution in [3.63, 3.8) is 0 Å². The Kier molecular flexibility index (Phi) is 4.65. The minimum absolute atomic E-state index is 0.148. The molecule has 110 valence electrons. The van der Waals surface area contributed by atoms with Gasteiger partial charge in [-0.3, -0.25) is 9.69 Å². The van der Waals surface area contributed by atoms with Crippen LogP contribution in [0.2, 0.25) is 0 Å². The maximum Gasteiger partial charge on any atom is 0.229 e. The van der Waals surface area contributed by atoms with Crippen LogP contribution in [0.3, 0.4) is 0 Å². The lowest BCUT2D eigenvalue weighted by atomic mass is 10.1. The summed E-state index contributed by atoms with van der Waals surface area (Å²) < 4.78 is 5.34. The number of amides is 1. The molecular weight excluding hydrogens is 274 g/mol. The van der Waals surface area contributed by atoms with Gasteiger partial charge in [0.25, 0.3) is 0 Å². The van der Waals surface area contributed by atoms with Crippen LogP contribution in [-0.4, -0.2) is 42.1 Å². The number of ether oxygens (including phenoxy) is 1. The van der Waals surface area contributed by atoms with Gasteiger partial charge in [0.2, 0.25) is 5.91 Å². The average Bonchev–Trinajstić information content (AvgIpc) is 3.11. The molecule has 0 bridgehead atoms. The van der Waals surface area contributed by atoms with E-state index in [0.717, 1.165) is 56.5 Å². The van der Waals surface area contributed by atoms with Gasteiger partial charge in [0, 0.05) is 30.9 Å². The van der Waals surface area contributed by atoms with Crippen molar-refractivity contribution in [1.29, 1.82) is 0 Å². The van der Waals surface area contributed by atoms with Crippen molar-refractivity contribution in [2.24, 2.45) is 5.92 Å². The smallest absolute Gasteiger partial charge is 0.229 e. The van der Waals surface area contributed by atoms with E-state index >= 15 is 0 Å². The summed E-state index contributed by atoms with van der Waals surface area (Å²) in [7, 11) is 0.